The van der Waals surface area contributed by atoms with Gasteiger partial charge in [-0.15, -0.1) is 11.3 Å². The van der Waals surface area contributed by atoms with Gasteiger partial charge in [-0.1, -0.05) is 17.7 Å². The summed E-state index contributed by atoms with van der Waals surface area (Å²) in [7, 11) is 0. The summed E-state index contributed by atoms with van der Waals surface area (Å²) in [5.74, 6) is 0. The molecule has 18 heavy (non-hydrogen) atoms. The van der Waals surface area contributed by atoms with Crippen molar-refractivity contribution in [2.24, 2.45) is 0 Å². The molecule has 0 radical (unpaired) electrons. The summed E-state index contributed by atoms with van der Waals surface area (Å²) < 4.78 is 3.94. The molecule has 2 N–H and O–H groups in total. The van der Waals surface area contributed by atoms with Crippen LogP contribution in [0.5, 0.6) is 0 Å². The van der Waals surface area contributed by atoms with Crippen LogP contribution in [0.4, 0.5) is 5.00 Å². The highest BCUT2D eigenvalue weighted by Crippen LogP contribution is 2.33. The van der Waals surface area contributed by atoms with E-state index in [1.807, 2.05) is 23.6 Å². The van der Waals surface area contributed by atoms with Gasteiger partial charge in [0.2, 0.25) is 0 Å². The summed E-state index contributed by atoms with van der Waals surface area (Å²) in [6.45, 7) is 0.0734. The summed E-state index contributed by atoms with van der Waals surface area (Å²) in [6, 6.07) is 5.95. The van der Waals surface area contributed by atoms with Gasteiger partial charge in [-0.05, 0) is 29.4 Å². The Balaban J connectivity index is 2.22. The number of aromatic nitrogens is 1. The molecule has 2 heterocycles. The molecule has 0 aliphatic heterocycles. The number of halogens is 1. The molecule has 0 fully saturated rings. The van der Waals surface area contributed by atoms with Crippen molar-refractivity contribution in [1.82, 2.24) is 4.37 Å². The first-order valence-corrected chi connectivity index (χ1v) is 7.25. The van der Waals surface area contributed by atoms with Crippen molar-refractivity contribution in [2.75, 3.05) is 11.9 Å². The Morgan fingerprint density at radius 3 is 3.06 bits per heavy atom. The Labute approximate surface area is 118 Å². The maximum atomic E-state index is 9.11. The number of thiophene rings is 1. The number of nitrogens with one attached hydrogen (secondary N) is 1. The molecule has 2 rings (SSSR count). The van der Waals surface area contributed by atoms with Crippen LogP contribution in [0.3, 0.4) is 0 Å². The molecular weight excluding hydrogens is 290 g/mol. The average Bonchev–Trinajstić information content (AvgIpc) is 2.98. The van der Waals surface area contributed by atoms with Gasteiger partial charge in [0.1, 0.15) is 16.6 Å². The zero-order valence-electron chi connectivity index (χ0n) is 9.26. The van der Waals surface area contributed by atoms with E-state index in [9.17, 15) is 0 Å². The molecule has 0 aliphatic carbocycles. The van der Waals surface area contributed by atoms with E-state index in [0.29, 0.717) is 17.0 Å². The summed E-state index contributed by atoms with van der Waals surface area (Å²) in [5, 5.41) is 24.2. The minimum absolute atomic E-state index is 0.0291. The SMILES string of the molecule is N#Cc1c(Cl)nsc1NC(CCO)c1cccs1. The highest BCUT2D eigenvalue weighted by Gasteiger charge is 2.17. The Hall–Kier alpha value is -1.13. The van der Waals surface area contributed by atoms with Crippen molar-refractivity contribution in [3.63, 3.8) is 0 Å². The van der Waals surface area contributed by atoms with Gasteiger partial charge in [-0.3, -0.25) is 0 Å². The molecule has 0 saturated heterocycles. The summed E-state index contributed by atoms with van der Waals surface area (Å²) in [6.07, 6.45) is 0.570. The summed E-state index contributed by atoms with van der Waals surface area (Å²) in [5.41, 5.74) is 0.362. The van der Waals surface area contributed by atoms with Crippen LogP contribution in [0, 0.1) is 11.3 Å². The van der Waals surface area contributed by atoms with Crippen molar-refractivity contribution in [2.45, 2.75) is 12.5 Å². The monoisotopic (exact) mass is 299 g/mol. The molecule has 1 atom stereocenters. The van der Waals surface area contributed by atoms with Crippen molar-refractivity contribution >= 4 is 39.5 Å². The van der Waals surface area contributed by atoms with Crippen molar-refractivity contribution in [3.05, 3.63) is 33.1 Å². The Bertz CT molecular complexity index is 547. The van der Waals surface area contributed by atoms with Crippen molar-refractivity contribution in [3.8, 4) is 6.07 Å². The van der Waals surface area contributed by atoms with Crippen LogP contribution >= 0.6 is 34.5 Å². The first kappa shape index (κ1) is 13.3. The van der Waals surface area contributed by atoms with Crippen LogP contribution in [-0.2, 0) is 0 Å². The molecule has 7 heteroatoms. The first-order valence-electron chi connectivity index (χ1n) is 5.22. The average molecular weight is 300 g/mol. The molecule has 0 aliphatic rings. The quantitative estimate of drug-likeness (QED) is 0.889. The van der Waals surface area contributed by atoms with E-state index in [-0.39, 0.29) is 17.8 Å². The fraction of sp³-hybridized carbons (Fsp3) is 0.273. The zero-order valence-corrected chi connectivity index (χ0v) is 11.6. The lowest BCUT2D eigenvalue weighted by Crippen LogP contribution is -2.10. The molecule has 2 aromatic rings. The van der Waals surface area contributed by atoms with Crippen molar-refractivity contribution in [1.29, 1.82) is 5.26 Å². The van der Waals surface area contributed by atoms with Crippen LogP contribution in [0.2, 0.25) is 5.15 Å². The van der Waals surface area contributed by atoms with Crippen LogP contribution in [0.25, 0.3) is 0 Å². The lowest BCUT2D eigenvalue weighted by atomic mass is 10.2. The molecule has 2 aromatic heterocycles. The lowest BCUT2D eigenvalue weighted by molar-refractivity contribution is 0.280. The van der Waals surface area contributed by atoms with Gasteiger partial charge >= 0.3 is 0 Å². The molecule has 94 valence electrons. The predicted octanol–water partition coefficient (Wildman–Crippen LogP) is 3.27. The Kier molecular flexibility index (Phi) is 4.55. The largest absolute Gasteiger partial charge is 0.396 e. The maximum Gasteiger partial charge on any atom is 0.162 e. The molecule has 0 aromatic carbocycles. The van der Waals surface area contributed by atoms with Crippen LogP contribution in [0.15, 0.2) is 17.5 Å². The highest BCUT2D eigenvalue weighted by atomic mass is 35.5. The number of hydrogen-bond donors (Lipinski definition) is 2. The Morgan fingerprint density at radius 2 is 2.44 bits per heavy atom. The first-order chi connectivity index (χ1) is 8.76. The molecule has 0 bridgehead atoms. The van der Waals surface area contributed by atoms with Gasteiger partial charge < -0.3 is 10.4 Å². The van der Waals surface area contributed by atoms with Gasteiger partial charge in [0.15, 0.2) is 5.15 Å². The summed E-state index contributed by atoms with van der Waals surface area (Å²) in [4.78, 5) is 1.11. The maximum absolute atomic E-state index is 9.11. The smallest absolute Gasteiger partial charge is 0.162 e. The normalized spacial score (nSPS) is 12.1. The lowest BCUT2D eigenvalue weighted by Gasteiger charge is -2.16. The number of rotatable bonds is 5. The van der Waals surface area contributed by atoms with E-state index in [0.717, 1.165) is 16.4 Å². The van der Waals surface area contributed by atoms with Gasteiger partial charge in [-0.2, -0.15) is 9.64 Å². The molecular formula is C11H10ClN3OS2. The van der Waals surface area contributed by atoms with Crippen LogP contribution in [-0.4, -0.2) is 16.1 Å². The second-order valence-corrected chi connectivity index (χ2v) is 5.62. The fourth-order valence-corrected chi connectivity index (χ4v) is 3.33. The van der Waals surface area contributed by atoms with Gasteiger partial charge in [0.05, 0.1) is 6.04 Å². The fourth-order valence-electron chi connectivity index (χ4n) is 1.53. The zero-order chi connectivity index (χ0) is 13.0. The molecule has 1 unspecified atom stereocenters. The third-order valence-corrected chi connectivity index (χ3v) is 4.51. The van der Waals surface area contributed by atoms with Crippen LogP contribution in [0.1, 0.15) is 22.9 Å². The minimum atomic E-state index is -0.0291. The topological polar surface area (TPSA) is 68.9 Å². The van der Waals surface area contributed by atoms with E-state index in [1.165, 1.54) is 0 Å². The number of anilines is 1. The van der Waals surface area contributed by atoms with E-state index < -0.39 is 0 Å². The van der Waals surface area contributed by atoms with Gasteiger partial charge in [0.25, 0.3) is 0 Å². The predicted molar refractivity (Wildman–Crippen MR) is 74.2 cm³/mol. The number of nitrogens with zero attached hydrogens (tertiary/aromatic N) is 2. The van der Waals surface area contributed by atoms with E-state index in [4.69, 9.17) is 22.0 Å². The third-order valence-electron chi connectivity index (χ3n) is 2.37. The molecule has 0 spiro atoms. The van der Waals surface area contributed by atoms with Gasteiger partial charge in [0, 0.05) is 11.5 Å². The van der Waals surface area contributed by atoms with E-state index in [1.54, 1.807) is 11.3 Å². The van der Waals surface area contributed by atoms with E-state index in [2.05, 4.69) is 9.69 Å². The minimum Gasteiger partial charge on any atom is -0.396 e. The molecule has 4 nitrogen and oxygen atoms in total. The van der Waals surface area contributed by atoms with Crippen molar-refractivity contribution < 1.29 is 5.11 Å². The number of nitriles is 1. The van der Waals surface area contributed by atoms with Crippen LogP contribution < -0.4 is 5.32 Å². The van der Waals surface area contributed by atoms with Gasteiger partial charge in [-0.25, -0.2) is 0 Å². The second-order valence-electron chi connectivity index (χ2n) is 3.51. The Morgan fingerprint density at radius 1 is 1.61 bits per heavy atom. The van der Waals surface area contributed by atoms with E-state index >= 15 is 0 Å². The second kappa shape index (κ2) is 6.16. The standard InChI is InChI=1S/C11H10ClN3OS2/c12-10-7(6-13)11(18-15-10)14-8(3-4-16)9-2-1-5-17-9/h1-2,5,8,14,16H,3-4H2. The third kappa shape index (κ3) is 2.82. The highest BCUT2D eigenvalue weighted by molar-refractivity contribution is 7.11. The summed E-state index contributed by atoms with van der Waals surface area (Å²) >= 11 is 8.59. The molecule has 0 saturated carbocycles. The number of aliphatic hydroxyl groups excluding tert-OH is 1. The number of hydrogen-bond acceptors (Lipinski definition) is 6. The molecule has 0 amide bonds. The number of aliphatic hydroxyl groups is 1.